The fourth-order valence-electron chi connectivity index (χ4n) is 2.31. The fourth-order valence-corrected chi connectivity index (χ4v) is 3.76. The topological polar surface area (TPSA) is 73.2 Å². The normalized spacial score (nSPS) is 21.7. The Morgan fingerprint density at radius 2 is 2.37 bits per heavy atom. The lowest BCUT2D eigenvalue weighted by Crippen LogP contribution is -2.40. The molecule has 1 fully saturated rings. The van der Waals surface area contributed by atoms with E-state index in [-0.39, 0.29) is 17.0 Å². The summed E-state index contributed by atoms with van der Waals surface area (Å²) in [5.74, 6) is 0. The molecule has 1 aliphatic heterocycles. The van der Waals surface area contributed by atoms with Gasteiger partial charge in [-0.3, -0.25) is 4.68 Å². The lowest BCUT2D eigenvalue weighted by atomic mass is 10.1. The van der Waals surface area contributed by atoms with Crippen LogP contribution in [-0.2, 0) is 21.3 Å². The molecule has 2 heterocycles. The molecule has 0 amide bonds. The van der Waals surface area contributed by atoms with E-state index >= 15 is 0 Å². The first-order chi connectivity index (χ1) is 8.94. The van der Waals surface area contributed by atoms with E-state index < -0.39 is 10.0 Å². The Morgan fingerprint density at radius 1 is 1.63 bits per heavy atom. The summed E-state index contributed by atoms with van der Waals surface area (Å²) in [7, 11) is -3.53. The highest BCUT2D eigenvalue weighted by Crippen LogP contribution is 2.19. The third-order valence-electron chi connectivity index (χ3n) is 3.38. The van der Waals surface area contributed by atoms with Crippen LogP contribution in [0.4, 0.5) is 0 Å². The van der Waals surface area contributed by atoms with Gasteiger partial charge < -0.3 is 4.74 Å². The van der Waals surface area contributed by atoms with Crippen LogP contribution in [0.15, 0.2) is 11.1 Å². The average molecular weight is 287 g/mol. The van der Waals surface area contributed by atoms with Crippen LogP contribution in [0.2, 0.25) is 0 Å². The number of hydrogen-bond acceptors (Lipinski definition) is 4. The van der Waals surface area contributed by atoms with Crippen LogP contribution in [0.25, 0.3) is 0 Å². The Bertz CT molecular complexity index is 532. The van der Waals surface area contributed by atoms with Crippen molar-refractivity contribution in [2.45, 2.75) is 57.2 Å². The van der Waals surface area contributed by atoms with Crippen molar-refractivity contribution in [3.63, 3.8) is 0 Å². The zero-order valence-electron chi connectivity index (χ0n) is 11.6. The van der Waals surface area contributed by atoms with E-state index in [9.17, 15) is 8.42 Å². The molecule has 1 aromatic heterocycles. The van der Waals surface area contributed by atoms with Crippen molar-refractivity contribution < 1.29 is 13.2 Å². The van der Waals surface area contributed by atoms with Crippen molar-refractivity contribution in [3.8, 4) is 0 Å². The summed E-state index contributed by atoms with van der Waals surface area (Å²) in [4.78, 5) is 0.249. The maximum atomic E-state index is 12.3. The zero-order valence-corrected chi connectivity index (χ0v) is 12.4. The molecule has 1 saturated heterocycles. The maximum absolute atomic E-state index is 12.3. The molecule has 0 aromatic carbocycles. The average Bonchev–Trinajstić information content (AvgIpc) is 2.96. The van der Waals surface area contributed by atoms with Crippen LogP contribution in [0.5, 0.6) is 0 Å². The van der Waals surface area contributed by atoms with E-state index in [1.165, 1.54) is 0 Å². The van der Waals surface area contributed by atoms with Crippen LogP contribution in [-0.4, -0.2) is 37.0 Å². The van der Waals surface area contributed by atoms with E-state index in [2.05, 4.69) is 9.82 Å². The van der Waals surface area contributed by atoms with E-state index in [0.717, 1.165) is 12.8 Å². The third kappa shape index (κ3) is 3.16. The van der Waals surface area contributed by atoms with Gasteiger partial charge in [-0.1, -0.05) is 0 Å². The molecule has 2 atom stereocenters. The first-order valence-electron chi connectivity index (χ1n) is 6.62. The van der Waals surface area contributed by atoms with Crippen LogP contribution in [0, 0.1) is 6.92 Å². The van der Waals surface area contributed by atoms with Crippen molar-refractivity contribution in [3.05, 3.63) is 11.9 Å². The summed E-state index contributed by atoms with van der Waals surface area (Å²) in [6.45, 7) is 6.83. The molecule has 0 saturated carbocycles. The molecular weight excluding hydrogens is 266 g/mol. The molecule has 0 unspecified atom stereocenters. The molecule has 0 bridgehead atoms. The molecule has 1 aliphatic rings. The van der Waals surface area contributed by atoms with Crippen LogP contribution >= 0.6 is 0 Å². The van der Waals surface area contributed by atoms with Crippen LogP contribution in [0.1, 0.15) is 32.4 Å². The Kier molecular flexibility index (Phi) is 4.27. The Balaban J connectivity index is 2.14. The van der Waals surface area contributed by atoms with E-state index in [1.54, 1.807) is 17.8 Å². The van der Waals surface area contributed by atoms with Gasteiger partial charge in [0.25, 0.3) is 0 Å². The molecule has 0 radical (unpaired) electrons. The number of rotatable bonds is 5. The van der Waals surface area contributed by atoms with Crippen molar-refractivity contribution in [1.29, 1.82) is 0 Å². The Labute approximate surface area is 114 Å². The monoisotopic (exact) mass is 287 g/mol. The van der Waals surface area contributed by atoms with Gasteiger partial charge in [0.15, 0.2) is 0 Å². The molecular formula is C12H21N3O3S. The lowest BCUT2D eigenvalue weighted by Gasteiger charge is -2.19. The minimum atomic E-state index is -3.53. The van der Waals surface area contributed by atoms with E-state index in [0.29, 0.717) is 18.8 Å². The number of sulfonamides is 1. The molecule has 1 aromatic rings. The van der Waals surface area contributed by atoms with Gasteiger partial charge in [0.2, 0.25) is 10.0 Å². The molecule has 19 heavy (non-hydrogen) atoms. The number of aryl methyl sites for hydroxylation is 2. The number of aromatic nitrogens is 2. The summed E-state index contributed by atoms with van der Waals surface area (Å²) in [5, 5.41) is 4.17. The molecule has 0 spiro atoms. The first kappa shape index (κ1) is 14.5. The summed E-state index contributed by atoms with van der Waals surface area (Å²) >= 11 is 0. The smallest absolute Gasteiger partial charge is 0.244 e. The van der Waals surface area contributed by atoms with Crippen molar-refractivity contribution in [1.82, 2.24) is 14.5 Å². The van der Waals surface area contributed by atoms with Crippen LogP contribution in [0.3, 0.4) is 0 Å². The van der Waals surface area contributed by atoms with E-state index in [4.69, 9.17) is 4.74 Å². The number of ether oxygens (including phenoxy) is 1. The lowest BCUT2D eigenvalue weighted by molar-refractivity contribution is 0.0902. The van der Waals surface area contributed by atoms with Crippen molar-refractivity contribution in [2.75, 3.05) is 6.61 Å². The first-order valence-corrected chi connectivity index (χ1v) is 8.10. The van der Waals surface area contributed by atoms with Gasteiger partial charge in [-0.2, -0.15) is 5.10 Å². The van der Waals surface area contributed by atoms with Gasteiger partial charge in [0.05, 0.1) is 11.8 Å². The van der Waals surface area contributed by atoms with Gasteiger partial charge in [-0.15, -0.1) is 0 Å². The second kappa shape index (κ2) is 5.60. The Hall–Kier alpha value is -0.920. The van der Waals surface area contributed by atoms with Gasteiger partial charge in [-0.05, 0) is 33.6 Å². The van der Waals surface area contributed by atoms with Gasteiger partial charge in [0.1, 0.15) is 4.90 Å². The highest BCUT2D eigenvalue weighted by atomic mass is 32.2. The number of nitrogens with one attached hydrogen (secondary N) is 1. The van der Waals surface area contributed by atoms with Crippen molar-refractivity contribution >= 4 is 10.0 Å². The highest BCUT2D eigenvalue weighted by molar-refractivity contribution is 7.89. The summed E-state index contributed by atoms with van der Waals surface area (Å²) in [5.41, 5.74) is 0.522. The second-order valence-corrected chi connectivity index (χ2v) is 6.58. The SMILES string of the molecule is CCn1cc(S(=O)(=O)N[C@@H](C)[C@H]2CCCO2)c(C)n1. The van der Waals surface area contributed by atoms with Gasteiger partial charge >= 0.3 is 0 Å². The molecule has 0 aliphatic carbocycles. The minimum Gasteiger partial charge on any atom is -0.377 e. The number of nitrogens with zero attached hydrogens (tertiary/aromatic N) is 2. The quantitative estimate of drug-likeness (QED) is 0.879. The molecule has 2 rings (SSSR count). The number of hydrogen-bond donors (Lipinski definition) is 1. The zero-order chi connectivity index (χ0) is 14.0. The Morgan fingerprint density at radius 3 is 2.89 bits per heavy atom. The predicted octanol–water partition coefficient (Wildman–Crippen LogP) is 1.06. The third-order valence-corrected chi connectivity index (χ3v) is 5.04. The fraction of sp³-hybridized carbons (Fsp3) is 0.750. The molecule has 6 nitrogen and oxygen atoms in total. The summed E-state index contributed by atoms with van der Waals surface area (Å²) in [6.07, 6.45) is 3.43. The predicted molar refractivity (Wildman–Crippen MR) is 71.4 cm³/mol. The van der Waals surface area contributed by atoms with Crippen LogP contribution < -0.4 is 4.72 Å². The molecule has 108 valence electrons. The summed E-state index contributed by atoms with van der Waals surface area (Å²) in [6, 6.07) is -0.225. The largest absolute Gasteiger partial charge is 0.377 e. The second-order valence-electron chi connectivity index (χ2n) is 4.90. The highest BCUT2D eigenvalue weighted by Gasteiger charge is 2.28. The van der Waals surface area contributed by atoms with Gasteiger partial charge in [-0.25, -0.2) is 13.1 Å². The maximum Gasteiger partial charge on any atom is 0.244 e. The summed E-state index contributed by atoms with van der Waals surface area (Å²) < 4.78 is 34.5. The standard InChI is InChI=1S/C12H21N3O3S/c1-4-15-8-12(10(3)13-15)19(16,17)14-9(2)11-6-5-7-18-11/h8-9,11,14H,4-7H2,1-3H3/t9-,11+/m0/s1. The minimum absolute atomic E-state index is 0.0312. The molecule has 7 heteroatoms. The van der Waals surface area contributed by atoms with Crippen molar-refractivity contribution in [2.24, 2.45) is 0 Å². The van der Waals surface area contributed by atoms with Gasteiger partial charge in [0, 0.05) is 25.4 Å². The van der Waals surface area contributed by atoms with E-state index in [1.807, 2.05) is 13.8 Å². The molecule has 1 N–H and O–H groups in total.